The van der Waals surface area contributed by atoms with Crippen LogP contribution in [0.1, 0.15) is 43.5 Å². The first-order chi connectivity index (χ1) is 20.0. The summed E-state index contributed by atoms with van der Waals surface area (Å²) in [6, 6.07) is 31.0. The molecule has 2 aliphatic rings. The average Bonchev–Trinajstić information content (AvgIpc) is 3.32. The lowest BCUT2D eigenvalue weighted by atomic mass is 9.70. The third-order valence-corrected chi connectivity index (χ3v) is 9.03. The predicted octanol–water partition coefficient (Wildman–Crippen LogP) is 7.07. The van der Waals surface area contributed by atoms with Crippen molar-refractivity contribution in [2.24, 2.45) is 4.99 Å². The van der Waals surface area contributed by atoms with Crippen molar-refractivity contribution in [3.8, 4) is 0 Å². The smallest absolute Gasteiger partial charge is 0.261 e. The van der Waals surface area contributed by atoms with Gasteiger partial charge in [-0.25, -0.2) is 4.79 Å². The van der Waals surface area contributed by atoms with Gasteiger partial charge in [-0.1, -0.05) is 66.7 Å². The molecular formula is C35H32N5O+. The topological polar surface area (TPSA) is 67.2 Å². The van der Waals surface area contributed by atoms with Crippen molar-refractivity contribution in [3.05, 3.63) is 132 Å². The van der Waals surface area contributed by atoms with Crippen molar-refractivity contribution in [2.45, 2.75) is 38.3 Å². The number of carbonyl (C=O) groups is 1. The van der Waals surface area contributed by atoms with Gasteiger partial charge >= 0.3 is 6.03 Å². The Labute approximate surface area is 239 Å². The summed E-state index contributed by atoms with van der Waals surface area (Å²) in [5.74, 6) is 0.666. The number of rotatable bonds is 5. The number of fused-ring (bicyclic) bond motifs is 3. The second-order valence-electron chi connectivity index (χ2n) is 11.3. The summed E-state index contributed by atoms with van der Waals surface area (Å²) in [4.78, 5) is 28.7. The Kier molecular flexibility index (Phi) is 5.84. The third-order valence-electron chi connectivity index (χ3n) is 9.03. The number of hydrogen-bond donors (Lipinski definition) is 1. The molecule has 0 saturated carbocycles. The van der Waals surface area contributed by atoms with Crippen molar-refractivity contribution in [1.82, 2.24) is 15.3 Å². The zero-order chi connectivity index (χ0) is 28.2. The predicted molar refractivity (Wildman–Crippen MR) is 163 cm³/mol. The molecule has 6 heteroatoms. The van der Waals surface area contributed by atoms with Gasteiger partial charge in [0.05, 0.1) is 29.0 Å². The lowest BCUT2D eigenvalue weighted by molar-refractivity contribution is -0.855. The van der Waals surface area contributed by atoms with Crippen LogP contribution in [0, 0.1) is 0 Å². The van der Waals surface area contributed by atoms with E-state index in [4.69, 9.17) is 4.99 Å². The second kappa shape index (κ2) is 9.46. The lowest BCUT2D eigenvalue weighted by Crippen LogP contribution is -2.56. The first kappa shape index (κ1) is 25.3. The van der Waals surface area contributed by atoms with Gasteiger partial charge in [0, 0.05) is 28.7 Å². The fourth-order valence-corrected chi connectivity index (χ4v) is 7.09. The number of hydrogen-bond acceptors (Lipinski definition) is 4. The van der Waals surface area contributed by atoms with Gasteiger partial charge < -0.3 is 0 Å². The number of carbonyl (C=O) groups excluding carboxylic acids is 1. The molecule has 1 saturated heterocycles. The standard InChI is InChI=1S/C35H31N5O/c1-23(2)40(24(3)25-11-5-4-6-12-25)32-21-35(22-38-33(32)39-34(40)41,28-15-7-17-30-26(28)13-9-19-36-30)29-16-8-18-31-27(29)14-10-20-37-31/h4-21,23-24H,22H2,1-3H3/p+1. The number of aromatic nitrogens is 2. The molecule has 2 aromatic heterocycles. The Morgan fingerprint density at radius 3 is 1.95 bits per heavy atom. The fourth-order valence-electron chi connectivity index (χ4n) is 7.09. The van der Waals surface area contributed by atoms with Gasteiger partial charge in [-0.2, -0.15) is 4.48 Å². The number of dihydropyridines is 1. The maximum absolute atomic E-state index is 14.1. The van der Waals surface area contributed by atoms with Gasteiger partial charge in [0.2, 0.25) is 0 Å². The van der Waals surface area contributed by atoms with E-state index in [1.54, 1.807) is 0 Å². The fraction of sp³-hybridized carbons (Fsp3) is 0.200. The summed E-state index contributed by atoms with van der Waals surface area (Å²) in [6.45, 7) is 6.86. The summed E-state index contributed by atoms with van der Waals surface area (Å²) < 4.78 is 0.136. The van der Waals surface area contributed by atoms with Crippen LogP contribution >= 0.6 is 0 Å². The van der Waals surface area contributed by atoms with E-state index in [2.05, 4.69) is 103 Å². The minimum absolute atomic E-state index is 0.0386. The number of pyridine rings is 2. The molecule has 2 amide bonds. The van der Waals surface area contributed by atoms with E-state index in [1.165, 1.54) is 0 Å². The van der Waals surface area contributed by atoms with Crippen LogP contribution in [-0.4, -0.2) is 38.9 Å². The summed E-state index contributed by atoms with van der Waals surface area (Å²) in [6.07, 6.45) is 5.99. The molecule has 0 aliphatic carbocycles. The number of urea groups is 1. The first-order valence-electron chi connectivity index (χ1n) is 14.2. The van der Waals surface area contributed by atoms with Crippen LogP contribution in [0.5, 0.6) is 0 Å². The second-order valence-corrected chi connectivity index (χ2v) is 11.3. The van der Waals surface area contributed by atoms with E-state index in [-0.39, 0.29) is 22.6 Å². The van der Waals surface area contributed by atoms with Crippen molar-refractivity contribution in [3.63, 3.8) is 0 Å². The van der Waals surface area contributed by atoms with Gasteiger partial charge in [0.25, 0.3) is 0 Å². The first-order valence-corrected chi connectivity index (χ1v) is 14.2. The molecule has 0 bridgehead atoms. The van der Waals surface area contributed by atoms with E-state index in [1.807, 2.05) is 42.7 Å². The zero-order valence-electron chi connectivity index (χ0n) is 23.5. The molecule has 0 spiro atoms. The van der Waals surface area contributed by atoms with E-state index in [9.17, 15) is 4.79 Å². The SMILES string of the molecule is CC(C)[N+]1(C(C)c2ccccc2)C(=O)NC2=NCC(c3cccc4ncccc34)(c3cccc4ncccc34)C=C21. The van der Waals surface area contributed by atoms with Crippen molar-refractivity contribution < 1.29 is 9.28 Å². The quantitative estimate of drug-likeness (QED) is 0.243. The number of nitrogens with zero attached hydrogens (tertiary/aromatic N) is 4. The maximum atomic E-state index is 14.1. The largest absolute Gasteiger partial charge is 0.428 e. The monoisotopic (exact) mass is 538 g/mol. The molecule has 1 N–H and O–H groups in total. The van der Waals surface area contributed by atoms with Crippen molar-refractivity contribution >= 4 is 33.7 Å². The molecule has 6 nitrogen and oxygen atoms in total. The summed E-state index contributed by atoms with van der Waals surface area (Å²) in [5, 5.41) is 5.33. The highest BCUT2D eigenvalue weighted by molar-refractivity contribution is 6.11. The molecule has 3 aromatic carbocycles. The van der Waals surface area contributed by atoms with Crippen molar-refractivity contribution in [1.29, 1.82) is 0 Å². The molecule has 7 rings (SSSR count). The van der Waals surface area contributed by atoms with Gasteiger partial charge in [0.15, 0.2) is 11.5 Å². The molecule has 5 aromatic rings. The third kappa shape index (κ3) is 3.60. The van der Waals surface area contributed by atoms with Crippen molar-refractivity contribution in [2.75, 3.05) is 6.54 Å². The highest BCUT2D eigenvalue weighted by Crippen LogP contribution is 2.48. The summed E-state index contributed by atoms with van der Waals surface area (Å²) in [7, 11) is 0. The highest BCUT2D eigenvalue weighted by Gasteiger charge is 2.59. The summed E-state index contributed by atoms with van der Waals surface area (Å²) >= 11 is 0. The van der Waals surface area contributed by atoms with Crippen LogP contribution < -0.4 is 5.32 Å². The van der Waals surface area contributed by atoms with Crippen LogP contribution in [0.3, 0.4) is 0 Å². The maximum Gasteiger partial charge on any atom is 0.428 e. The molecule has 41 heavy (non-hydrogen) atoms. The Balaban J connectivity index is 1.58. The minimum atomic E-state index is -0.662. The molecule has 0 radical (unpaired) electrons. The molecule has 4 heterocycles. The average molecular weight is 539 g/mol. The van der Waals surface area contributed by atoms with Crippen LogP contribution in [0.4, 0.5) is 4.79 Å². The Bertz CT molecular complexity index is 1790. The molecule has 202 valence electrons. The number of amides is 2. The number of aliphatic imine (C=N–C) groups is 1. The molecule has 2 unspecified atom stereocenters. The van der Waals surface area contributed by atoms with E-state index in [0.717, 1.165) is 44.2 Å². The van der Waals surface area contributed by atoms with Gasteiger partial charge in [-0.15, -0.1) is 0 Å². The van der Waals surface area contributed by atoms with E-state index >= 15 is 0 Å². The van der Waals surface area contributed by atoms with Gasteiger partial charge in [-0.3, -0.25) is 20.3 Å². The van der Waals surface area contributed by atoms with E-state index in [0.29, 0.717) is 12.4 Å². The van der Waals surface area contributed by atoms with Crippen LogP contribution in [0.25, 0.3) is 21.8 Å². The van der Waals surface area contributed by atoms with Crippen LogP contribution in [0.15, 0.2) is 120 Å². The number of benzene rings is 3. The highest BCUT2D eigenvalue weighted by atomic mass is 16.2. The van der Waals surface area contributed by atoms with Gasteiger partial charge in [-0.05, 0) is 62.2 Å². The Morgan fingerprint density at radius 2 is 1.37 bits per heavy atom. The zero-order valence-corrected chi connectivity index (χ0v) is 23.5. The molecular weight excluding hydrogens is 506 g/mol. The van der Waals surface area contributed by atoms with E-state index < -0.39 is 5.41 Å². The van der Waals surface area contributed by atoms with Gasteiger partial charge in [0.1, 0.15) is 6.04 Å². The van der Waals surface area contributed by atoms with Crippen LogP contribution in [0.2, 0.25) is 0 Å². The number of nitrogens with one attached hydrogen (secondary N) is 1. The minimum Gasteiger partial charge on any atom is -0.261 e. The summed E-state index contributed by atoms with van der Waals surface area (Å²) in [5.41, 5.74) is 5.45. The Hall–Kier alpha value is -4.68. The Morgan fingerprint density at radius 1 is 0.756 bits per heavy atom. The molecule has 2 atom stereocenters. The molecule has 2 aliphatic heterocycles. The van der Waals surface area contributed by atoms with Crippen LogP contribution in [-0.2, 0) is 5.41 Å². The lowest BCUT2D eigenvalue weighted by Gasteiger charge is -2.42. The number of amidine groups is 1. The number of quaternary nitrogens is 1. The normalized spacial score (nSPS) is 20.4. The molecule has 1 fully saturated rings.